The number of anilines is 1. The number of hydrogen-bond donors (Lipinski definition) is 2. The van der Waals surface area contributed by atoms with Gasteiger partial charge in [0, 0.05) is 27.8 Å². The summed E-state index contributed by atoms with van der Waals surface area (Å²) in [5.74, 6) is 2.27. The molecule has 4 aromatic rings. The molecule has 7 heteroatoms. The lowest BCUT2D eigenvalue weighted by molar-refractivity contribution is 0.172. The first-order chi connectivity index (χ1) is 15.2. The second-order valence-electron chi connectivity index (χ2n) is 7.49. The molecule has 1 atom stereocenters. The summed E-state index contributed by atoms with van der Waals surface area (Å²) >= 11 is 1.80. The number of benzene rings is 2. The van der Waals surface area contributed by atoms with E-state index >= 15 is 0 Å². The number of rotatable bonds is 6. The summed E-state index contributed by atoms with van der Waals surface area (Å²) < 4.78 is 11.4. The summed E-state index contributed by atoms with van der Waals surface area (Å²) in [6.07, 6.45) is 1.58. The van der Waals surface area contributed by atoms with Crippen molar-refractivity contribution in [3.05, 3.63) is 65.3 Å². The molecule has 0 aliphatic carbocycles. The molecule has 0 amide bonds. The molecule has 2 aromatic heterocycles. The maximum absolute atomic E-state index is 5.75. The smallest absolute Gasteiger partial charge is 0.163 e. The minimum absolute atomic E-state index is 0.0986. The van der Waals surface area contributed by atoms with Gasteiger partial charge in [0.05, 0.1) is 11.6 Å². The maximum Gasteiger partial charge on any atom is 0.163 e. The molecular formula is C24H24N4O2S. The van der Waals surface area contributed by atoms with Crippen molar-refractivity contribution in [2.45, 2.75) is 19.5 Å². The molecule has 0 spiro atoms. The van der Waals surface area contributed by atoms with Crippen molar-refractivity contribution in [1.29, 1.82) is 0 Å². The van der Waals surface area contributed by atoms with Gasteiger partial charge < -0.3 is 20.1 Å². The van der Waals surface area contributed by atoms with Crippen LogP contribution < -0.4 is 20.1 Å². The van der Waals surface area contributed by atoms with Crippen LogP contribution in [0.3, 0.4) is 0 Å². The van der Waals surface area contributed by atoms with Crippen LogP contribution in [0.5, 0.6) is 11.5 Å². The zero-order chi connectivity index (χ0) is 21.2. The largest absolute Gasteiger partial charge is 0.486 e. The van der Waals surface area contributed by atoms with Crippen molar-refractivity contribution in [2.75, 3.05) is 25.6 Å². The fourth-order valence-corrected chi connectivity index (χ4v) is 4.89. The highest BCUT2D eigenvalue weighted by Gasteiger charge is 2.17. The highest BCUT2D eigenvalue weighted by Crippen LogP contribution is 2.38. The fraction of sp³-hybridized carbons (Fsp3) is 0.250. The molecule has 0 radical (unpaired) electrons. The van der Waals surface area contributed by atoms with Gasteiger partial charge in [-0.15, -0.1) is 11.3 Å². The summed E-state index contributed by atoms with van der Waals surface area (Å²) in [4.78, 5) is 11.4. The molecule has 158 valence electrons. The Morgan fingerprint density at radius 2 is 1.84 bits per heavy atom. The van der Waals surface area contributed by atoms with E-state index in [2.05, 4.69) is 63.9 Å². The lowest BCUT2D eigenvalue weighted by Crippen LogP contribution is -2.15. The van der Waals surface area contributed by atoms with Crippen molar-refractivity contribution < 1.29 is 9.47 Å². The third-order valence-electron chi connectivity index (χ3n) is 5.36. The average molecular weight is 433 g/mol. The van der Waals surface area contributed by atoms with Crippen molar-refractivity contribution in [3.8, 4) is 21.9 Å². The Bertz CT molecular complexity index is 1220. The summed E-state index contributed by atoms with van der Waals surface area (Å²) in [7, 11) is 1.98. The van der Waals surface area contributed by atoms with Gasteiger partial charge in [0.2, 0.25) is 0 Å². The van der Waals surface area contributed by atoms with Gasteiger partial charge in [0.1, 0.15) is 25.4 Å². The van der Waals surface area contributed by atoms with Gasteiger partial charge in [-0.1, -0.05) is 24.3 Å². The average Bonchev–Trinajstić information content (AvgIpc) is 3.29. The topological polar surface area (TPSA) is 68.3 Å². The van der Waals surface area contributed by atoms with Crippen LogP contribution in [0.2, 0.25) is 0 Å². The van der Waals surface area contributed by atoms with E-state index in [0.717, 1.165) is 34.8 Å². The van der Waals surface area contributed by atoms with Gasteiger partial charge in [-0.05, 0) is 43.3 Å². The molecule has 2 aromatic carbocycles. The molecule has 0 fully saturated rings. The molecule has 1 aliphatic rings. The predicted molar refractivity (Wildman–Crippen MR) is 125 cm³/mol. The number of fused-ring (bicyclic) bond motifs is 2. The van der Waals surface area contributed by atoms with Gasteiger partial charge >= 0.3 is 0 Å². The first kappa shape index (κ1) is 19.8. The van der Waals surface area contributed by atoms with Crippen LogP contribution in [0.1, 0.15) is 23.4 Å². The summed E-state index contributed by atoms with van der Waals surface area (Å²) in [5, 5.41) is 7.74. The molecule has 1 aliphatic heterocycles. The molecule has 3 heterocycles. The normalized spacial score (nSPS) is 13.9. The Morgan fingerprint density at radius 3 is 2.68 bits per heavy atom. The second-order valence-corrected chi connectivity index (χ2v) is 8.61. The molecule has 0 saturated carbocycles. The quantitative estimate of drug-likeness (QED) is 0.446. The molecule has 6 nitrogen and oxygen atoms in total. The molecule has 31 heavy (non-hydrogen) atoms. The van der Waals surface area contributed by atoms with E-state index in [4.69, 9.17) is 9.47 Å². The first-order valence-corrected chi connectivity index (χ1v) is 11.2. The van der Waals surface area contributed by atoms with Crippen LogP contribution >= 0.6 is 11.3 Å². The van der Waals surface area contributed by atoms with Crippen LogP contribution in [0.15, 0.2) is 54.9 Å². The second kappa shape index (κ2) is 8.53. The van der Waals surface area contributed by atoms with Crippen LogP contribution in [0, 0.1) is 0 Å². The molecule has 2 N–H and O–H groups in total. The Hall–Kier alpha value is -3.16. The number of hydrogen-bond acceptors (Lipinski definition) is 7. The van der Waals surface area contributed by atoms with E-state index in [1.54, 1.807) is 17.7 Å². The van der Waals surface area contributed by atoms with Crippen LogP contribution in [0.25, 0.3) is 21.3 Å². The van der Waals surface area contributed by atoms with E-state index in [1.807, 2.05) is 19.2 Å². The number of nitrogens with zero attached hydrogens (tertiary/aromatic N) is 2. The minimum Gasteiger partial charge on any atom is -0.486 e. The van der Waals surface area contributed by atoms with E-state index in [0.29, 0.717) is 13.2 Å². The number of ether oxygens (including phenoxy) is 2. The third-order valence-corrected chi connectivity index (χ3v) is 6.66. The lowest BCUT2D eigenvalue weighted by atomic mass is 10.1. The van der Waals surface area contributed by atoms with Crippen LogP contribution in [0.4, 0.5) is 5.82 Å². The standard InChI is InChI=1S/C24H24N4O2S/c1-15(22-7-8-23(31-22)17-6-4-3-5-16(17)13-25-2)28-24-18-11-20-21(30-10-9-29-20)12-19(18)26-14-27-24/h3-8,11-12,14-15,25H,9-10,13H2,1-2H3,(H,26,27,28). The molecule has 0 saturated heterocycles. The van der Waals surface area contributed by atoms with Crippen molar-refractivity contribution in [2.24, 2.45) is 0 Å². The SMILES string of the molecule is CNCc1ccccc1-c1ccc(C(C)Nc2ncnc3cc4c(cc23)OCCO4)s1. The van der Waals surface area contributed by atoms with Gasteiger partial charge in [-0.25, -0.2) is 9.97 Å². The Labute approximate surface area is 185 Å². The first-order valence-electron chi connectivity index (χ1n) is 10.4. The van der Waals surface area contributed by atoms with Crippen molar-refractivity contribution in [1.82, 2.24) is 15.3 Å². The molecular weight excluding hydrogens is 408 g/mol. The summed E-state index contributed by atoms with van der Waals surface area (Å²) in [6, 6.07) is 16.9. The Morgan fingerprint density at radius 1 is 1.03 bits per heavy atom. The monoisotopic (exact) mass is 432 g/mol. The highest BCUT2D eigenvalue weighted by molar-refractivity contribution is 7.15. The van der Waals surface area contributed by atoms with E-state index in [-0.39, 0.29) is 6.04 Å². The lowest BCUT2D eigenvalue weighted by Gasteiger charge is -2.20. The van der Waals surface area contributed by atoms with Crippen LogP contribution in [-0.2, 0) is 6.54 Å². The molecule has 0 bridgehead atoms. The van der Waals surface area contributed by atoms with Gasteiger partial charge in [-0.3, -0.25) is 0 Å². The van der Waals surface area contributed by atoms with Crippen LogP contribution in [-0.4, -0.2) is 30.2 Å². The highest BCUT2D eigenvalue weighted by atomic mass is 32.1. The third kappa shape index (κ3) is 3.94. The molecule has 5 rings (SSSR count). The molecule has 1 unspecified atom stereocenters. The summed E-state index contributed by atoms with van der Waals surface area (Å²) in [5.41, 5.74) is 3.41. The van der Waals surface area contributed by atoms with Gasteiger partial charge in [0.25, 0.3) is 0 Å². The fourth-order valence-electron chi connectivity index (χ4n) is 3.82. The number of aromatic nitrogens is 2. The zero-order valence-electron chi connectivity index (χ0n) is 17.5. The van der Waals surface area contributed by atoms with E-state index in [1.165, 1.54) is 20.9 Å². The van der Waals surface area contributed by atoms with Crippen molar-refractivity contribution >= 4 is 28.1 Å². The Kier molecular flexibility index (Phi) is 5.44. The maximum atomic E-state index is 5.75. The predicted octanol–water partition coefficient (Wildman–Crippen LogP) is 5.02. The van der Waals surface area contributed by atoms with E-state index < -0.39 is 0 Å². The number of nitrogens with one attached hydrogen (secondary N) is 2. The van der Waals surface area contributed by atoms with Gasteiger partial charge in [-0.2, -0.15) is 0 Å². The Balaban J connectivity index is 1.42. The van der Waals surface area contributed by atoms with Gasteiger partial charge in [0.15, 0.2) is 11.5 Å². The summed E-state index contributed by atoms with van der Waals surface area (Å²) in [6.45, 7) is 4.11. The number of thiophene rings is 1. The minimum atomic E-state index is 0.0986. The van der Waals surface area contributed by atoms with Crippen molar-refractivity contribution in [3.63, 3.8) is 0 Å². The zero-order valence-corrected chi connectivity index (χ0v) is 18.3. The van der Waals surface area contributed by atoms with E-state index in [9.17, 15) is 0 Å².